The first-order chi connectivity index (χ1) is 9.85. The Morgan fingerprint density at radius 3 is 2.62 bits per heavy atom. The molecule has 3 rings (SSSR count). The van der Waals surface area contributed by atoms with Crippen LogP contribution >= 0.6 is 0 Å². The molecule has 0 unspecified atom stereocenters. The van der Waals surface area contributed by atoms with Gasteiger partial charge in [0.25, 0.3) is 0 Å². The highest BCUT2D eigenvalue weighted by molar-refractivity contribution is 5.71. The van der Waals surface area contributed by atoms with Gasteiger partial charge >= 0.3 is 0 Å². The number of aryl methyl sites for hydroxylation is 2. The van der Waals surface area contributed by atoms with Gasteiger partial charge in [0.1, 0.15) is 5.82 Å². The topological polar surface area (TPSA) is 22.1 Å². The second kappa shape index (κ2) is 4.83. The van der Waals surface area contributed by atoms with Crippen LogP contribution in [0.25, 0.3) is 11.1 Å². The van der Waals surface area contributed by atoms with Gasteiger partial charge in [-0.2, -0.15) is 0 Å². The van der Waals surface area contributed by atoms with Crippen LogP contribution in [0, 0.1) is 25.1 Å². The van der Waals surface area contributed by atoms with E-state index in [2.05, 4.69) is 18.8 Å². The molecule has 110 valence electrons. The van der Waals surface area contributed by atoms with Gasteiger partial charge in [-0.1, -0.05) is 26.0 Å². The molecule has 0 amide bonds. The van der Waals surface area contributed by atoms with Gasteiger partial charge in [-0.15, -0.1) is 0 Å². The number of aromatic nitrogens is 1. The summed E-state index contributed by atoms with van der Waals surface area (Å²) in [5.41, 5.74) is 4.36. The summed E-state index contributed by atoms with van der Waals surface area (Å²) in [6, 6.07) is 7.32. The van der Waals surface area contributed by atoms with Gasteiger partial charge in [-0.05, 0) is 43.5 Å². The van der Waals surface area contributed by atoms with Crippen LogP contribution < -0.4 is 4.74 Å². The van der Waals surface area contributed by atoms with E-state index in [9.17, 15) is 4.39 Å². The maximum Gasteiger partial charge on any atom is 0.217 e. The number of rotatable bonds is 1. The fourth-order valence-corrected chi connectivity index (χ4v) is 2.83. The van der Waals surface area contributed by atoms with Gasteiger partial charge in [0.15, 0.2) is 0 Å². The molecule has 1 aromatic carbocycles. The molecule has 1 aromatic heterocycles. The third-order valence-corrected chi connectivity index (χ3v) is 3.88. The van der Waals surface area contributed by atoms with Crippen molar-refractivity contribution in [2.45, 2.75) is 34.1 Å². The summed E-state index contributed by atoms with van der Waals surface area (Å²) in [4.78, 5) is 4.47. The zero-order valence-electron chi connectivity index (χ0n) is 13.0. The summed E-state index contributed by atoms with van der Waals surface area (Å²) in [5.74, 6) is 0.468. The Bertz CT molecular complexity index is 707. The molecular formula is C18H20FNO. The van der Waals surface area contributed by atoms with E-state index in [1.807, 2.05) is 32.0 Å². The van der Waals surface area contributed by atoms with E-state index in [-0.39, 0.29) is 11.2 Å². The zero-order valence-corrected chi connectivity index (χ0v) is 13.0. The molecule has 2 heterocycles. The summed E-state index contributed by atoms with van der Waals surface area (Å²) < 4.78 is 20.2. The highest BCUT2D eigenvalue weighted by Crippen LogP contribution is 2.40. The first-order valence-electron chi connectivity index (χ1n) is 7.26. The van der Waals surface area contributed by atoms with Crippen molar-refractivity contribution in [3.8, 4) is 17.0 Å². The SMILES string of the molecule is Cc1ccc(-c2cc(C)nc3c2CC(C)(C)CO3)c(F)c1. The Kier molecular flexibility index (Phi) is 3.23. The Morgan fingerprint density at radius 1 is 1.14 bits per heavy atom. The first-order valence-corrected chi connectivity index (χ1v) is 7.26. The molecule has 0 saturated carbocycles. The number of pyridine rings is 1. The van der Waals surface area contributed by atoms with Gasteiger partial charge in [0.2, 0.25) is 5.88 Å². The molecule has 0 atom stereocenters. The van der Waals surface area contributed by atoms with Crippen molar-refractivity contribution in [3.63, 3.8) is 0 Å². The lowest BCUT2D eigenvalue weighted by Crippen LogP contribution is -2.30. The van der Waals surface area contributed by atoms with Crippen molar-refractivity contribution in [1.82, 2.24) is 4.98 Å². The highest BCUT2D eigenvalue weighted by atomic mass is 19.1. The molecule has 21 heavy (non-hydrogen) atoms. The number of halogens is 1. The van der Waals surface area contributed by atoms with Crippen molar-refractivity contribution >= 4 is 0 Å². The fourth-order valence-electron chi connectivity index (χ4n) is 2.83. The van der Waals surface area contributed by atoms with Crippen molar-refractivity contribution in [3.05, 3.63) is 46.9 Å². The lowest BCUT2D eigenvalue weighted by atomic mass is 9.82. The average molecular weight is 285 g/mol. The molecule has 0 N–H and O–H groups in total. The number of ether oxygens (including phenoxy) is 1. The quantitative estimate of drug-likeness (QED) is 0.771. The molecule has 0 aliphatic carbocycles. The van der Waals surface area contributed by atoms with E-state index in [4.69, 9.17) is 4.74 Å². The molecule has 0 saturated heterocycles. The van der Waals surface area contributed by atoms with Crippen LogP contribution in [0.4, 0.5) is 4.39 Å². The predicted octanol–water partition coefficient (Wildman–Crippen LogP) is 4.47. The summed E-state index contributed by atoms with van der Waals surface area (Å²) in [7, 11) is 0. The number of hydrogen-bond acceptors (Lipinski definition) is 2. The van der Waals surface area contributed by atoms with E-state index >= 15 is 0 Å². The molecule has 0 fully saturated rings. The Balaban J connectivity index is 2.21. The van der Waals surface area contributed by atoms with Gasteiger partial charge in [0.05, 0.1) is 6.61 Å². The maximum atomic E-state index is 14.4. The van der Waals surface area contributed by atoms with Crippen LogP contribution in [0.2, 0.25) is 0 Å². The minimum absolute atomic E-state index is 0.0415. The molecule has 2 nitrogen and oxygen atoms in total. The van der Waals surface area contributed by atoms with Crippen LogP contribution in [0.15, 0.2) is 24.3 Å². The lowest BCUT2D eigenvalue weighted by Gasteiger charge is -2.32. The molecule has 2 aromatic rings. The van der Waals surface area contributed by atoms with Crippen molar-refractivity contribution in [2.24, 2.45) is 5.41 Å². The second-order valence-electron chi connectivity index (χ2n) is 6.71. The first kappa shape index (κ1) is 14.1. The van der Waals surface area contributed by atoms with E-state index in [1.165, 1.54) is 0 Å². The van der Waals surface area contributed by atoms with E-state index in [0.29, 0.717) is 18.1 Å². The molecule has 1 aliphatic rings. The molecule has 0 radical (unpaired) electrons. The van der Waals surface area contributed by atoms with Gasteiger partial charge in [0, 0.05) is 22.2 Å². The number of hydrogen-bond donors (Lipinski definition) is 0. The Hall–Kier alpha value is -1.90. The number of benzene rings is 1. The summed E-state index contributed by atoms with van der Waals surface area (Å²) in [6.45, 7) is 8.77. The minimum atomic E-state index is -0.189. The largest absolute Gasteiger partial charge is 0.477 e. The normalized spacial score (nSPS) is 16.2. The van der Waals surface area contributed by atoms with Gasteiger partial charge < -0.3 is 4.74 Å². The molecule has 0 spiro atoms. The minimum Gasteiger partial charge on any atom is -0.477 e. The van der Waals surface area contributed by atoms with Crippen LogP contribution in [-0.2, 0) is 6.42 Å². The monoisotopic (exact) mass is 285 g/mol. The van der Waals surface area contributed by atoms with E-state index in [1.54, 1.807) is 6.07 Å². The van der Waals surface area contributed by atoms with Crippen LogP contribution in [0.3, 0.4) is 0 Å². The third kappa shape index (κ3) is 2.65. The summed E-state index contributed by atoms with van der Waals surface area (Å²) in [6.07, 6.45) is 0.845. The number of nitrogens with zero attached hydrogens (tertiary/aromatic N) is 1. The molecule has 3 heteroatoms. The van der Waals surface area contributed by atoms with Crippen molar-refractivity contribution < 1.29 is 9.13 Å². The maximum absolute atomic E-state index is 14.4. The predicted molar refractivity (Wildman–Crippen MR) is 82.1 cm³/mol. The molecule has 0 bridgehead atoms. The number of fused-ring (bicyclic) bond motifs is 1. The second-order valence-corrected chi connectivity index (χ2v) is 6.71. The van der Waals surface area contributed by atoms with Crippen molar-refractivity contribution in [2.75, 3.05) is 6.61 Å². The summed E-state index contributed by atoms with van der Waals surface area (Å²) in [5, 5.41) is 0. The molecule has 1 aliphatic heterocycles. The fraction of sp³-hybridized carbons (Fsp3) is 0.389. The Labute approximate surface area is 125 Å². The lowest BCUT2D eigenvalue weighted by molar-refractivity contribution is 0.148. The average Bonchev–Trinajstić information content (AvgIpc) is 2.38. The smallest absolute Gasteiger partial charge is 0.217 e. The van der Waals surface area contributed by atoms with Crippen LogP contribution in [-0.4, -0.2) is 11.6 Å². The standard InChI is InChI=1S/C18H20FNO/c1-11-5-6-13(16(19)7-11)14-8-12(2)20-17-15(14)9-18(3,4)10-21-17/h5-8H,9-10H2,1-4H3. The van der Waals surface area contributed by atoms with Crippen LogP contribution in [0.1, 0.15) is 30.7 Å². The van der Waals surface area contributed by atoms with E-state index < -0.39 is 0 Å². The molecular weight excluding hydrogens is 265 g/mol. The van der Waals surface area contributed by atoms with Crippen molar-refractivity contribution in [1.29, 1.82) is 0 Å². The van der Waals surface area contributed by atoms with E-state index in [0.717, 1.165) is 28.8 Å². The summed E-state index contributed by atoms with van der Waals surface area (Å²) >= 11 is 0. The highest BCUT2D eigenvalue weighted by Gasteiger charge is 2.30. The van der Waals surface area contributed by atoms with Gasteiger partial charge in [-0.3, -0.25) is 0 Å². The van der Waals surface area contributed by atoms with Gasteiger partial charge in [-0.25, -0.2) is 9.37 Å². The zero-order chi connectivity index (χ0) is 15.2. The third-order valence-electron chi connectivity index (χ3n) is 3.88. The van der Waals surface area contributed by atoms with Crippen LogP contribution in [0.5, 0.6) is 5.88 Å². The Morgan fingerprint density at radius 2 is 1.90 bits per heavy atom.